The number of furan rings is 1. The van der Waals surface area contributed by atoms with Gasteiger partial charge >= 0.3 is 0 Å². The van der Waals surface area contributed by atoms with E-state index in [-0.39, 0.29) is 24.9 Å². The zero-order valence-corrected chi connectivity index (χ0v) is 20.6. The quantitative estimate of drug-likeness (QED) is 0.412. The van der Waals surface area contributed by atoms with Gasteiger partial charge in [0.1, 0.15) is 23.9 Å². The van der Waals surface area contributed by atoms with Crippen LogP contribution in [0.2, 0.25) is 0 Å². The lowest BCUT2D eigenvalue weighted by Crippen LogP contribution is -2.49. The number of rotatable bonds is 8. The average Bonchev–Trinajstić information content (AvgIpc) is 3.48. The van der Waals surface area contributed by atoms with Crippen molar-refractivity contribution < 1.29 is 14.0 Å². The second kappa shape index (κ2) is 10.1. The molecule has 8 heteroatoms. The predicted octanol–water partition coefficient (Wildman–Crippen LogP) is 4.27. The highest BCUT2D eigenvalue weighted by molar-refractivity contribution is 5.89. The summed E-state index contributed by atoms with van der Waals surface area (Å²) in [5.41, 5.74) is 2.87. The van der Waals surface area contributed by atoms with Crippen LogP contribution in [0.25, 0.3) is 11.0 Å². The lowest BCUT2D eigenvalue weighted by molar-refractivity contribution is -0.143. The fourth-order valence-corrected chi connectivity index (χ4v) is 3.99. The molecule has 2 aromatic heterocycles. The van der Waals surface area contributed by atoms with E-state index < -0.39 is 11.6 Å². The fourth-order valence-electron chi connectivity index (χ4n) is 3.99. The summed E-state index contributed by atoms with van der Waals surface area (Å²) in [6, 6.07) is 18.0. The van der Waals surface area contributed by atoms with E-state index in [0.717, 1.165) is 23.1 Å². The Bertz CT molecular complexity index is 1290. The number of aromatic nitrogens is 3. The Balaban J connectivity index is 1.74. The van der Waals surface area contributed by atoms with Crippen molar-refractivity contribution in [2.45, 2.75) is 58.8 Å². The molecule has 1 N–H and O–H groups in total. The Morgan fingerprint density at radius 2 is 1.80 bits per heavy atom. The smallest absolute Gasteiger partial charge is 0.247 e. The molecule has 0 bridgehead atoms. The van der Waals surface area contributed by atoms with Gasteiger partial charge in [-0.3, -0.25) is 9.59 Å². The standard InChI is InChI=1S/C27H31N5O3/c1-5-19-12-14-20(15-13-19)25(26(34)28-27(2,3)4)31(17-21-9-8-16-35-21)24(33)18-32-23-11-7-6-10-22(23)29-30-32/h6-16,25H,5,17-18H2,1-4H3,(H,28,34). The van der Waals surface area contributed by atoms with Gasteiger partial charge in [-0.1, -0.05) is 48.5 Å². The number of amides is 2. The third-order valence-corrected chi connectivity index (χ3v) is 5.69. The normalized spacial score (nSPS) is 12.5. The number of fused-ring (bicyclic) bond motifs is 1. The Kier molecular flexibility index (Phi) is 7.00. The second-order valence-electron chi connectivity index (χ2n) is 9.57. The van der Waals surface area contributed by atoms with Gasteiger partial charge in [0.2, 0.25) is 11.8 Å². The highest BCUT2D eigenvalue weighted by Crippen LogP contribution is 2.26. The molecule has 4 aromatic rings. The maximum Gasteiger partial charge on any atom is 0.247 e. The van der Waals surface area contributed by atoms with E-state index in [4.69, 9.17) is 4.42 Å². The van der Waals surface area contributed by atoms with Crippen LogP contribution in [0, 0.1) is 0 Å². The SMILES string of the molecule is CCc1ccc(C(C(=O)NC(C)(C)C)N(Cc2ccco2)C(=O)Cn2nnc3ccccc32)cc1. The molecule has 0 fully saturated rings. The van der Waals surface area contributed by atoms with Gasteiger partial charge < -0.3 is 14.6 Å². The molecule has 2 heterocycles. The van der Waals surface area contributed by atoms with Crippen LogP contribution in [-0.4, -0.2) is 37.2 Å². The minimum Gasteiger partial charge on any atom is -0.467 e. The Hall–Kier alpha value is -3.94. The van der Waals surface area contributed by atoms with E-state index in [1.807, 2.05) is 69.3 Å². The topological polar surface area (TPSA) is 93.3 Å². The van der Waals surface area contributed by atoms with Crippen LogP contribution in [-0.2, 0) is 29.1 Å². The van der Waals surface area contributed by atoms with Gasteiger partial charge in [0, 0.05) is 5.54 Å². The van der Waals surface area contributed by atoms with E-state index in [2.05, 4.69) is 22.6 Å². The van der Waals surface area contributed by atoms with Crippen molar-refractivity contribution in [3.63, 3.8) is 0 Å². The van der Waals surface area contributed by atoms with Gasteiger partial charge in [-0.05, 0) is 62.6 Å². The van der Waals surface area contributed by atoms with Crippen LogP contribution in [0.15, 0.2) is 71.3 Å². The summed E-state index contributed by atoms with van der Waals surface area (Å²) in [7, 11) is 0. The zero-order chi connectivity index (χ0) is 25.0. The maximum absolute atomic E-state index is 13.8. The van der Waals surface area contributed by atoms with Crippen LogP contribution in [0.5, 0.6) is 0 Å². The van der Waals surface area contributed by atoms with E-state index >= 15 is 0 Å². The molecular weight excluding hydrogens is 442 g/mol. The van der Waals surface area contributed by atoms with Crippen molar-refractivity contribution >= 4 is 22.8 Å². The molecule has 0 radical (unpaired) electrons. The molecule has 35 heavy (non-hydrogen) atoms. The van der Waals surface area contributed by atoms with Crippen molar-refractivity contribution in [2.24, 2.45) is 0 Å². The molecule has 1 atom stereocenters. The molecule has 0 spiro atoms. The lowest BCUT2D eigenvalue weighted by atomic mass is 9.99. The Morgan fingerprint density at radius 1 is 1.06 bits per heavy atom. The van der Waals surface area contributed by atoms with Crippen molar-refractivity contribution in [3.8, 4) is 0 Å². The summed E-state index contributed by atoms with van der Waals surface area (Å²) in [5, 5.41) is 11.4. The summed E-state index contributed by atoms with van der Waals surface area (Å²) >= 11 is 0. The van der Waals surface area contributed by atoms with Crippen LogP contribution >= 0.6 is 0 Å². The van der Waals surface area contributed by atoms with E-state index in [9.17, 15) is 9.59 Å². The number of aryl methyl sites for hydroxylation is 1. The molecule has 4 rings (SSSR count). The van der Waals surface area contributed by atoms with E-state index in [1.165, 1.54) is 0 Å². The fraction of sp³-hybridized carbons (Fsp3) is 0.333. The first kappa shape index (κ1) is 24.2. The summed E-state index contributed by atoms with van der Waals surface area (Å²) < 4.78 is 7.12. The first-order chi connectivity index (χ1) is 16.7. The van der Waals surface area contributed by atoms with Crippen molar-refractivity contribution in [1.82, 2.24) is 25.2 Å². The van der Waals surface area contributed by atoms with Crippen molar-refractivity contribution in [2.75, 3.05) is 0 Å². The Morgan fingerprint density at radius 3 is 2.46 bits per heavy atom. The highest BCUT2D eigenvalue weighted by atomic mass is 16.3. The summed E-state index contributed by atoms with van der Waals surface area (Å²) in [4.78, 5) is 29.0. The Labute approximate surface area is 204 Å². The second-order valence-corrected chi connectivity index (χ2v) is 9.57. The number of carbonyl (C=O) groups excluding carboxylic acids is 2. The maximum atomic E-state index is 13.8. The highest BCUT2D eigenvalue weighted by Gasteiger charge is 2.34. The molecule has 0 aliphatic carbocycles. The monoisotopic (exact) mass is 473 g/mol. The molecule has 0 saturated carbocycles. The lowest BCUT2D eigenvalue weighted by Gasteiger charge is -2.33. The molecule has 2 amide bonds. The third-order valence-electron chi connectivity index (χ3n) is 5.69. The van der Waals surface area contributed by atoms with Crippen LogP contribution in [0.3, 0.4) is 0 Å². The largest absolute Gasteiger partial charge is 0.467 e. The molecular formula is C27H31N5O3. The number of para-hydroxylation sites is 1. The van der Waals surface area contributed by atoms with Gasteiger partial charge in [-0.25, -0.2) is 4.68 Å². The third kappa shape index (κ3) is 5.77. The number of nitrogens with zero attached hydrogens (tertiary/aromatic N) is 4. The van der Waals surface area contributed by atoms with Gasteiger partial charge in [-0.15, -0.1) is 5.10 Å². The molecule has 182 valence electrons. The summed E-state index contributed by atoms with van der Waals surface area (Å²) in [6.45, 7) is 7.91. The van der Waals surface area contributed by atoms with Gasteiger partial charge in [0.05, 0.1) is 18.3 Å². The van der Waals surface area contributed by atoms with Gasteiger partial charge in [0.25, 0.3) is 0 Å². The summed E-state index contributed by atoms with van der Waals surface area (Å²) in [5.74, 6) is 0.0521. The van der Waals surface area contributed by atoms with Gasteiger partial charge in [-0.2, -0.15) is 0 Å². The minimum atomic E-state index is -0.854. The number of nitrogens with one attached hydrogen (secondary N) is 1. The van der Waals surface area contributed by atoms with Crippen LogP contribution in [0.4, 0.5) is 0 Å². The molecule has 0 saturated heterocycles. The first-order valence-corrected chi connectivity index (χ1v) is 11.8. The first-order valence-electron chi connectivity index (χ1n) is 11.8. The molecule has 0 aliphatic rings. The number of benzene rings is 2. The molecule has 2 aromatic carbocycles. The van der Waals surface area contributed by atoms with E-state index in [0.29, 0.717) is 11.3 Å². The van der Waals surface area contributed by atoms with Crippen molar-refractivity contribution in [3.05, 3.63) is 83.8 Å². The summed E-state index contributed by atoms with van der Waals surface area (Å²) in [6.07, 6.45) is 2.44. The molecule has 0 aliphatic heterocycles. The number of carbonyl (C=O) groups is 2. The zero-order valence-electron chi connectivity index (χ0n) is 20.6. The number of hydrogen-bond donors (Lipinski definition) is 1. The molecule has 1 unspecified atom stereocenters. The van der Waals surface area contributed by atoms with E-state index in [1.54, 1.807) is 28.0 Å². The van der Waals surface area contributed by atoms with Gasteiger partial charge in [0.15, 0.2) is 0 Å². The average molecular weight is 474 g/mol. The minimum absolute atomic E-state index is 0.0619. The molecule has 8 nitrogen and oxygen atoms in total. The van der Waals surface area contributed by atoms with Crippen LogP contribution in [0.1, 0.15) is 50.6 Å². The van der Waals surface area contributed by atoms with Crippen molar-refractivity contribution in [1.29, 1.82) is 0 Å². The van der Waals surface area contributed by atoms with Crippen LogP contribution < -0.4 is 5.32 Å². The predicted molar refractivity (Wildman–Crippen MR) is 133 cm³/mol. The number of hydrogen-bond acceptors (Lipinski definition) is 5.